The molecule has 2 rings (SSSR count). The van der Waals surface area contributed by atoms with Crippen molar-refractivity contribution in [1.82, 2.24) is 4.90 Å². The zero-order chi connectivity index (χ0) is 13.9. The Labute approximate surface area is 127 Å². The van der Waals surface area contributed by atoms with Crippen molar-refractivity contribution in [3.8, 4) is 0 Å². The molecule has 0 saturated carbocycles. The zero-order valence-corrected chi connectivity index (χ0v) is 13.2. The molecule has 1 aromatic rings. The number of halogens is 1. The van der Waals surface area contributed by atoms with Crippen molar-refractivity contribution < 1.29 is 4.79 Å². The Morgan fingerprint density at radius 3 is 2.35 bits per heavy atom. The number of hydrogen-bond acceptors (Lipinski definition) is 2. The van der Waals surface area contributed by atoms with Crippen molar-refractivity contribution in [2.24, 2.45) is 5.73 Å². The van der Waals surface area contributed by atoms with Crippen LogP contribution in [0.2, 0.25) is 0 Å². The highest BCUT2D eigenvalue weighted by Crippen LogP contribution is 2.28. The Hall–Kier alpha value is -1.06. The highest BCUT2D eigenvalue weighted by atomic mass is 35.5. The Bertz CT molecular complexity index is 425. The van der Waals surface area contributed by atoms with E-state index in [1.54, 1.807) is 0 Å². The van der Waals surface area contributed by atoms with Gasteiger partial charge < -0.3 is 10.6 Å². The van der Waals surface area contributed by atoms with Crippen LogP contribution in [0.25, 0.3) is 0 Å². The van der Waals surface area contributed by atoms with E-state index in [1.165, 1.54) is 5.56 Å². The van der Waals surface area contributed by atoms with Gasteiger partial charge in [0, 0.05) is 25.6 Å². The molecule has 4 heteroatoms. The van der Waals surface area contributed by atoms with Gasteiger partial charge in [0.2, 0.25) is 5.91 Å². The molecule has 1 fully saturated rings. The van der Waals surface area contributed by atoms with Crippen LogP contribution in [-0.2, 0) is 10.2 Å². The first-order valence-corrected chi connectivity index (χ1v) is 7.08. The van der Waals surface area contributed by atoms with E-state index in [0.29, 0.717) is 6.42 Å². The highest BCUT2D eigenvalue weighted by Gasteiger charge is 2.28. The number of piperidine rings is 1. The average Bonchev–Trinajstić information content (AvgIpc) is 2.40. The molecule has 20 heavy (non-hydrogen) atoms. The second-order valence-electron chi connectivity index (χ2n) is 6.14. The quantitative estimate of drug-likeness (QED) is 0.932. The van der Waals surface area contributed by atoms with Crippen LogP contribution in [0.1, 0.15) is 38.7 Å². The summed E-state index contributed by atoms with van der Waals surface area (Å²) in [7, 11) is 0. The second-order valence-corrected chi connectivity index (χ2v) is 6.14. The maximum absolute atomic E-state index is 12.4. The summed E-state index contributed by atoms with van der Waals surface area (Å²) in [5.41, 5.74) is 6.98. The number of likely N-dealkylation sites (tertiary alicyclic amines) is 1. The van der Waals surface area contributed by atoms with E-state index in [9.17, 15) is 4.79 Å². The van der Waals surface area contributed by atoms with Crippen LogP contribution in [0.4, 0.5) is 0 Å². The van der Waals surface area contributed by atoms with Crippen LogP contribution >= 0.6 is 12.4 Å². The van der Waals surface area contributed by atoms with Crippen molar-refractivity contribution in [3.05, 3.63) is 35.9 Å². The molecule has 1 amide bonds. The number of carbonyl (C=O) groups is 1. The Morgan fingerprint density at radius 1 is 1.25 bits per heavy atom. The lowest BCUT2D eigenvalue weighted by molar-refractivity contribution is -0.133. The molecular formula is C16H25ClN2O. The predicted molar refractivity (Wildman–Crippen MR) is 85.1 cm³/mol. The van der Waals surface area contributed by atoms with Crippen LogP contribution < -0.4 is 5.73 Å². The van der Waals surface area contributed by atoms with Crippen LogP contribution in [0.5, 0.6) is 0 Å². The molecule has 1 aliphatic rings. The summed E-state index contributed by atoms with van der Waals surface area (Å²) in [5.74, 6) is 0.251. The third kappa shape index (κ3) is 4.22. The third-order valence-electron chi connectivity index (χ3n) is 4.04. The van der Waals surface area contributed by atoms with Gasteiger partial charge in [-0.3, -0.25) is 4.79 Å². The van der Waals surface area contributed by atoms with Crippen molar-refractivity contribution in [3.63, 3.8) is 0 Å². The lowest BCUT2D eigenvalue weighted by Crippen LogP contribution is -2.44. The summed E-state index contributed by atoms with van der Waals surface area (Å²) in [6.45, 7) is 5.89. The van der Waals surface area contributed by atoms with Gasteiger partial charge in [0.1, 0.15) is 0 Å². The molecule has 0 atom stereocenters. The summed E-state index contributed by atoms with van der Waals surface area (Å²) in [6.07, 6.45) is 2.42. The van der Waals surface area contributed by atoms with Gasteiger partial charge in [0.15, 0.2) is 0 Å². The summed E-state index contributed by atoms with van der Waals surface area (Å²) < 4.78 is 0. The number of amides is 1. The van der Waals surface area contributed by atoms with Gasteiger partial charge in [-0.1, -0.05) is 44.2 Å². The van der Waals surface area contributed by atoms with E-state index >= 15 is 0 Å². The van der Waals surface area contributed by atoms with Crippen molar-refractivity contribution in [2.45, 2.75) is 44.6 Å². The van der Waals surface area contributed by atoms with Gasteiger partial charge in [0.25, 0.3) is 0 Å². The van der Waals surface area contributed by atoms with E-state index in [4.69, 9.17) is 5.73 Å². The van der Waals surface area contributed by atoms with E-state index in [-0.39, 0.29) is 29.8 Å². The van der Waals surface area contributed by atoms with Gasteiger partial charge in [-0.2, -0.15) is 0 Å². The van der Waals surface area contributed by atoms with Crippen molar-refractivity contribution in [1.29, 1.82) is 0 Å². The van der Waals surface area contributed by atoms with Crippen LogP contribution in [0.15, 0.2) is 30.3 Å². The number of benzene rings is 1. The molecule has 2 N–H and O–H groups in total. The minimum absolute atomic E-state index is 0. The minimum Gasteiger partial charge on any atom is -0.343 e. The van der Waals surface area contributed by atoms with Gasteiger partial charge in [-0.05, 0) is 23.8 Å². The summed E-state index contributed by atoms with van der Waals surface area (Å²) >= 11 is 0. The monoisotopic (exact) mass is 296 g/mol. The molecule has 112 valence electrons. The number of rotatable bonds is 3. The lowest BCUT2D eigenvalue weighted by atomic mass is 9.81. The topological polar surface area (TPSA) is 46.3 Å². The molecule has 1 heterocycles. The number of nitrogens with zero attached hydrogens (tertiary/aromatic N) is 1. The van der Waals surface area contributed by atoms with E-state index in [1.807, 2.05) is 23.1 Å². The van der Waals surface area contributed by atoms with E-state index < -0.39 is 0 Å². The SMILES string of the molecule is CC(C)(CC(=O)N1CCC(N)CC1)c1ccccc1.Cl. The fourth-order valence-corrected chi connectivity index (χ4v) is 2.63. The lowest BCUT2D eigenvalue weighted by Gasteiger charge is -2.33. The number of hydrogen-bond donors (Lipinski definition) is 1. The van der Waals surface area contributed by atoms with E-state index in [2.05, 4.69) is 26.0 Å². The molecule has 0 unspecified atom stereocenters. The van der Waals surface area contributed by atoms with Crippen LogP contribution in [0.3, 0.4) is 0 Å². The van der Waals surface area contributed by atoms with E-state index in [0.717, 1.165) is 25.9 Å². The maximum Gasteiger partial charge on any atom is 0.223 e. The maximum atomic E-state index is 12.4. The molecule has 1 aliphatic heterocycles. The van der Waals surface area contributed by atoms with Gasteiger partial charge in [-0.25, -0.2) is 0 Å². The Morgan fingerprint density at radius 2 is 1.80 bits per heavy atom. The molecule has 0 radical (unpaired) electrons. The Balaban J connectivity index is 0.00000200. The fraction of sp³-hybridized carbons (Fsp3) is 0.562. The first-order chi connectivity index (χ1) is 8.99. The zero-order valence-electron chi connectivity index (χ0n) is 12.3. The van der Waals surface area contributed by atoms with Gasteiger partial charge in [0.05, 0.1) is 0 Å². The summed E-state index contributed by atoms with van der Waals surface area (Å²) in [4.78, 5) is 14.3. The first kappa shape index (κ1) is 17.0. The second kappa shape index (κ2) is 7.09. The molecule has 0 bridgehead atoms. The fourth-order valence-electron chi connectivity index (χ4n) is 2.63. The standard InChI is InChI=1S/C16H24N2O.ClH/c1-16(2,13-6-4-3-5-7-13)12-15(19)18-10-8-14(17)9-11-18;/h3-7,14H,8-12,17H2,1-2H3;1H. The molecule has 0 aliphatic carbocycles. The summed E-state index contributed by atoms with van der Waals surface area (Å²) in [5, 5.41) is 0. The van der Waals surface area contributed by atoms with Gasteiger partial charge >= 0.3 is 0 Å². The van der Waals surface area contributed by atoms with Crippen LogP contribution in [-0.4, -0.2) is 29.9 Å². The first-order valence-electron chi connectivity index (χ1n) is 7.08. The number of carbonyl (C=O) groups excluding carboxylic acids is 1. The molecule has 0 aromatic heterocycles. The third-order valence-corrected chi connectivity index (χ3v) is 4.04. The van der Waals surface area contributed by atoms with Crippen LogP contribution in [0, 0.1) is 0 Å². The molecule has 3 nitrogen and oxygen atoms in total. The number of nitrogens with two attached hydrogens (primary N) is 1. The molecule has 1 aromatic carbocycles. The minimum atomic E-state index is -0.113. The summed E-state index contributed by atoms with van der Waals surface area (Å²) in [6, 6.07) is 10.5. The molecule has 1 saturated heterocycles. The average molecular weight is 297 g/mol. The highest BCUT2D eigenvalue weighted by molar-refractivity contribution is 5.85. The van der Waals surface area contributed by atoms with Crippen molar-refractivity contribution >= 4 is 18.3 Å². The largest absolute Gasteiger partial charge is 0.343 e. The molecular weight excluding hydrogens is 272 g/mol. The normalized spacial score (nSPS) is 16.6. The van der Waals surface area contributed by atoms with Gasteiger partial charge in [-0.15, -0.1) is 12.4 Å². The molecule has 0 spiro atoms. The Kier molecular flexibility index (Phi) is 6.03. The predicted octanol–water partition coefficient (Wildman–Crippen LogP) is 2.73. The smallest absolute Gasteiger partial charge is 0.223 e. The van der Waals surface area contributed by atoms with Crippen molar-refractivity contribution in [2.75, 3.05) is 13.1 Å².